The lowest BCUT2D eigenvalue weighted by molar-refractivity contribution is -0.144. The number of pyridine rings is 1. The number of carbonyl (C=O) groups excluding carboxylic acids is 2. The first kappa shape index (κ1) is 22.3. The Morgan fingerprint density at radius 2 is 1.70 bits per heavy atom. The van der Waals surface area contributed by atoms with Crippen LogP contribution in [0.15, 0.2) is 67.3 Å². The van der Waals surface area contributed by atoms with E-state index in [1.807, 2.05) is 56.3 Å². The zero-order valence-corrected chi connectivity index (χ0v) is 18.4. The van der Waals surface area contributed by atoms with Crippen molar-refractivity contribution in [3.05, 3.63) is 67.3 Å². The number of nitrogens with one attached hydrogen (secondary N) is 1. The summed E-state index contributed by atoms with van der Waals surface area (Å²) in [5, 5.41) is 12.4. The molecule has 33 heavy (non-hydrogen) atoms. The minimum absolute atomic E-state index is 0.208. The van der Waals surface area contributed by atoms with Crippen molar-refractivity contribution >= 4 is 17.8 Å². The first-order valence-corrected chi connectivity index (χ1v) is 10.6. The smallest absolute Gasteiger partial charge is 0.329 e. The van der Waals surface area contributed by atoms with Crippen molar-refractivity contribution in [3.63, 3.8) is 0 Å². The van der Waals surface area contributed by atoms with E-state index in [2.05, 4.69) is 10.3 Å². The Morgan fingerprint density at radius 3 is 2.27 bits per heavy atom. The number of nitrogens with zero attached hydrogens (tertiary/aromatic N) is 2. The summed E-state index contributed by atoms with van der Waals surface area (Å²) in [7, 11) is 0. The molecule has 2 atom stereocenters. The van der Waals surface area contributed by atoms with E-state index in [1.165, 1.54) is 4.57 Å². The molecule has 0 spiro atoms. The number of rotatable bonds is 7. The van der Waals surface area contributed by atoms with Crippen molar-refractivity contribution in [2.45, 2.75) is 32.4 Å². The van der Waals surface area contributed by atoms with Gasteiger partial charge in [0.25, 0.3) is 0 Å². The maximum Gasteiger partial charge on any atom is 0.329 e. The molecule has 0 saturated carbocycles. The van der Waals surface area contributed by atoms with Crippen LogP contribution in [0, 0.1) is 5.41 Å². The molecule has 0 aliphatic carbocycles. The first-order valence-electron chi connectivity index (χ1n) is 10.6. The Balaban J connectivity index is 1.47. The molecule has 2 N–H and O–H groups in total. The second-order valence-corrected chi connectivity index (χ2v) is 8.82. The molecule has 1 saturated heterocycles. The highest BCUT2D eigenvalue weighted by atomic mass is 16.5. The van der Waals surface area contributed by atoms with Gasteiger partial charge in [0.2, 0.25) is 5.91 Å². The number of carboxylic acids is 1. The molecule has 0 unspecified atom stereocenters. The third kappa shape index (κ3) is 4.79. The van der Waals surface area contributed by atoms with Gasteiger partial charge in [0.1, 0.15) is 12.1 Å². The van der Waals surface area contributed by atoms with E-state index in [0.717, 1.165) is 22.3 Å². The van der Waals surface area contributed by atoms with Gasteiger partial charge >= 0.3 is 11.9 Å². The predicted octanol–water partition coefficient (Wildman–Crippen LogP) is 3.30. The van der Waals surface area contributed by atoms with Crippen molar-refractivity contribution in [2.24, 2.45) is 5.41 Å². The molecule has 2 aromatic heterocycles. The summed E-state index contributed by atoms with van der Waals surface area (Å²) in [6.45, 7) is 3.84. The third-order valence-electron chi connectivity index (χ3n) is 5.88. The Kier molecular flexibility index (Phi) is 6.00. The van der Waals surface area contributed by atoms with Crippen LogP contribution < -0.4 is 5.32 Å². The summed E-state index contributed by atoms with van der Waals surface area (Å²) in [6.07, 6.45) is 6.53. The second kappa shape index (κ2) is 8.90. The third-order valence-corrected chi connectivity index (χ3v) is 5.88. The van der Waals surface area contributed by atoms with Gasteiger partial charge in [0, 0.05) is 30.2 Å². The van der Waals surface area contributed by atoms with Gasteiger partial charge in [0.05, 0.1) is 13.0 Å². The van der Waals surface area contributed by atoms with E-state index < -0.39 is 35.3 Å². The molecule has 4 rings (SSSR count). The van der Waals surface area contributed by atoms with Crippen molar-refractivity contribution in [1.82, 2.24) is 14.9 Å². The van der Waals surface area contributed by atoms with E-state index in [9.17, 15) is 19.5 Å². The molecule has 170 valence electrons. The number of aliphatic carboxylic acids is 1. The number of amides is 1. The van der Waals surface area contributed by atoms with Crippen molar-refractivity contribution in [2.75, 3.05) is 6.61 Å². The van der Waals surface area contributed by atoms with Gasteiger partial charge in [-0.05, 0) is 40.5 Å². The summed E-state index contributed by atoms with van der Waals surface area (Å²) in [4.78, 5) is 40.4. The van der Waals surface area contributed by atoms with E-state index in [0.29, 0.717) is 0 Å². The molecule has 8 heteroatoms. The molecule has 0 radical (unpaired) electrons. The highest BCUT2D eigenvalue weighted by molar-refractivity contribution is 5.88. The summed E-state index contributed by atoms with van der Waals surface area (Å²) in [5.41, 5.74) is 3.32. The zero-order chi connectivity index (χ0) is 23.6. The Bertz CT molecular complexity index is 1170. The SMILES string of the molecule is CC1(C)COC(=O)[C@H]1NC(=O)C[C@H](C(=O)O)n1ccc(-c2ccc(-c3ccncc3)cc2)c1. The molecule has 3 aromatic rings. The molecule has 0 bridgehead atoms. The van der Waals surface area contributed by atoms with Crippen LogP contribution in [0.1, 0.15) is 26.3 Å². The number of carboxylic acid groups (broad SMARTS) is 1. The number of esters is 1. The maximum atomic E-state index is 12.6. The van der Waals surface area contributed by atoms with Crippen LogP contribution in [0.2, 0.25) is 0 Å². The monoisotopic (exact) mass is 447 g/mol. The molecular formula is C25H25N3O5. The van der Waals surface area contributed by atoms with Crippen LogP contribution >= 0.6 is 0 Å². The van der Waals surface area contributed by atoms with Gasteiger partial charge in [-0.1, -0.05) is 38.1 Å². The van der Waals surface area contributed by atoms with Gasteiger partial charge in [-0.2, -0.15) is 0 Å². The molecule has 1 fully saturated rings. The minimum Gasteiger partial charge on any atom is -0.480 e. The Hall–Kier alpha value is -3.94. The van der Waals surface area contributed by atoms with E-state index in [4.69, 9.17) is 4.74 Å². The zero-order valence-electron chi connectivity index (χ0n) is 18.4. The van der Waals surface area contributed by atoms with Crippen molar-refractivity contribution in [1.29, 1.82) is 0 Å². The molecule has 1 aromatic carbocycles. The summed E-state index contributed by atoms with van der Waals surface area (Å²) >= 11 is 0. The molecule has 1 amide bonds. The highest BCUT2D eigenvalue weighted by Crippen LogP contribution is 2.29. The fourth-order valence-corrected chi connectivity index (χ4v) is 3.89. The van der Waals surface area contributed by atoms with E-state index in [1.54, 1.807) is 24.8 Å². The number of aromatic nitrogens is 2. The molecule has 3 heterocycles. The van der Waals surface area contributed by atoms with Gasteiger partial charge in [-0.25, -0.2) is 9.59 Å². The average Bonchev–Trinajstić information content (AvgIpc) is 3.38. The number of benzene rings is 1. The normalized spacial score (nSPS) is 17.9. The van der Waals surface area contributed by atoms with Gasteiger partial charge < -0.3 is 19.7 Å². The van der Waals surface area contributed by atoms with Crippen LogP contribution in [0.25, 0.3) is 22.3 Å². The number of hydrogen-bond donors (Lipinski definition) is 2. The fourth-order valence-electron chi connectivity index (χ4n) is 3.89. The largest absolute Gasteiger partial charge is 0.480 e. The molecule has 8 nitrogen and oxygen atoms in total. The summed E-state index contributed by atoms with van der Waals surface area (Å²) in [6, 6.07) is 11.7. The number of hydrogen-bond acceptors (Lipinski definition) is 5. The Labute approximate surface area is 191 Å². The van der Waals surface area contributed by atoms with Crippen molar-refractivity contribution in [3.8, 4) is 22.3 Å². The van der Waals surface area contributed by atoms with E-state index >= 15 is 0 Å². The molecule has 1 aliphatic heterocycles. The highest BCUT2D eigenvalue weighted by Gasteiger charge is 2.44. The van der Waals surface area contributed by atoms with Crippen LogP contribution in [0.5, 0.6) is 0 Å². The molecular weight excluding hydrogens is 422 g/mol. The van der Waals surface area contributed by atoms with E-state index in [-0.39, 0.29) is 13.0 Å². The minimum atomic E-state index is -1.13. The second-order valence-electron chi connectivity index (χ2n) is 8.82. The number of carbonyl (C=O) groups is 3. The lowest BCUT2D eigenvalue weighted by atomic mass is 9.87. The lowest BCUT2D eigenvalue weighted by Crippen LogP contribution is -2.47. The fraction of sp³-hybridized carbons (Fsp3) is 0.280. The average molecular weight is 447 g/mol. The lowest BCUT2D eigenvalue weighted by Gasteiger charge is -2.23. The predicted molar refractivity (Wildman–Crippen MR) is 121 cm³/mol. The quantitative estimate of drug-likeness (QED) is 0.538. The van der Waals surface area contributed by atoms with Crippen LogP contribution in [-0.2, 0) is 19.1 Å². The van der Waals surface area contributed by atoms with Crippen LogP contribution in [0.3, 0.4) is 0 Å². The van der Waals surface area contributed by atoms with Gasteiger partial charge in [0.15, 0.2) is 0 Å². The molecule has 1 aliphatic rings. The number of ether oxygens (including phenoxy) is 1. The van der Waals surface area contributed by atoms with Crippen LogP contribution in [-0.4, -0.2) is 45.2 Å². The van der Waals surface area contributed by atoms with Gasteiger partial charge in [-0.3, -0.25) is 9.78 Å². The maximum absolute atomic E-state index is 12.6. The number of cyclic esters (lactones) is 1. The topological polar surface area (TPSA) is 111 Å². The summed E-state index contributed by atoms with van der Waals surface area (Å²) < 4.78 is 6.54. The van der Waals surface area contributed by atoms with Crippen molar-refractivity contribution < 1.29 is 24.2 Å². The summed E-state index contributed by atoms with van der Waals surface area (Å²) in [5.74, 6) is -2.15. The first-order chi connectivity index (χ1) is 15.7. The van der Waals surface area contributed by atoms with Gasteiger partial charge in [-0.15, -0.1) is 0 Å². The van der Waals surface area contributed by atoms with Crippen LogP contribution in [0.4, 0.5) is 0 Å². The Morgan fingerprint density at radius 1 is 1.09 bits per heavy atom. The standard InChI is InChI=1S/C25H25N3O5/c1-25(2)15-33-24(32)22(25)27-21(29)13-20(23(30)31)28-12-9-19(14-28)17-5-3-16(4-6-17)18-7-10-26-11-8-18/h3-12,14,20,22H,13,15H2,1-2H3,(H,27,29)(H,30,31)/t20-,22-/m1/s1.